The van der Waals surface area contributed by atoms with Crippen molar-refractivity contribution in [2.45, 2.75) is 117 Å². The van der Waals surface area contributed by atoms with Crippen LogP contribution in [0.3, 0.4) is 0 Å². The van der Waals surface area contributed by atoms with Gasteiger partial charge in [0, 0.05) is 61.3 Å². The van der Waals surface area contributed by atoms with Gasteiger partial charge in [-0.15, -0.1) is 0 Å². The van der Waals surface area contributed by atoms with Crippen LogP contribution in [0.2, 0.25) is 0 Å². The lowest BCUT2D eigenvalue weighted by Crippen LogP contribution is -2.63. The summed E-state index contributed by atoms with van der Waals surface area (Å²) in [5.41, 5.74) is 3.08. The van der Waals surface area contributed by atoms with Crippen molar-refractivity contribution in [3.8, 4) is 0 Å². The van der Waals surface area contributed by atoms with E-state index >= 15 is 0 Å². The highest BCUT2D eigenvalue weighted by atomic mass is 15.3. The third-order valence-corrected chi connectivity index (χ3v) is 11.2. The Hall–Kier alpha value is -0.240. The predicted molar refractivity (Wildman–Crippen MR) is 168 cm³/mol. The van der Waals surface area contributed by atoms with Crippen LogP contribution in [-0.2, 0) is 0 Å². The maximum absolute atomic E-state index is 3.52. The normalized spacial score (nSPS) is 31.3. The van der Waals surface area contributed by atoms with Crippen LogP contribution in [0.4, 0.5) is 0 Å². The summed E-state index contributed by atoms with van der Waals surface area (Å²) in [5, 5.41) is 10.5. The number of nitrogens with zero attached hydrogens (tertiary/aromatic N) is 3. The average Bonchev–Trinajstić information content (AvgIpc) is 3.61. The lowest BCUT2D eigenvalue weighted by molar-refractivity contribution is -0.0466. The molecule has 0 radical (unpaired) electrons. The van der Waals surface area contributed by atoms with E-state index in [-0.39, 0.29) is 0 Å². The number of hydrogen-bond donors (Lipinski definition) is 3. The topological polar surface area (TPSA) is 45.8 Å². The highest BCUT2D eigenvalue weighted by molar-refractivity contribution is 5.03. The van der Waals surface area contributed by atoms with Gasteiger partial charge < -0.3 is 16.0 Å². The third-order valence-electron chi connectivity index (χ3n) is 11.2. The fourth-order valence-electron chi connectivity index (χ4n) is 7.83. The number of piperidine rings is 1. The maximum Gasteiger partial charge on any atom is 0.0125 e. The molecule has 0 bridgehead atoms. The summed E-state index contributed by atoms with van der Waals surface area (Å²) >= 11 is 0. The summed E-state index contributed by atoms with van der Waals surface area (Å²) in [5.74, 6) is 0. The molecule has 0 saturated carbocycles. The van der Waals surface area contributed by atoms with Crippen molar-refractivity contribution in [1.29, 1.82) is 0 Å². The molecule has 0 aromatic rings. The molecule has 1 unspecified atom stereocenters. The van der Waals surface area contributed by atoms with E-state index in [1.54, 1.807) is 0 Å². The molecule has 0 aromatic carbocycles. The van der Waals surface area contributed by atoms with Gasteiger partial charge in [0.05, 0.1) is 0 Å². The SMILES string of the molecule is CC(C)(C)N1CC2(CCNC2)C1.CC(C)(C)N1CCC2(CCNC2)C1.CC(C)(C)N1CCC2(CCNC2)CC1. The molecule has 6 rings (SSSR count). The second-order valence-corrected chi connectivity index (χ2v) is 17.3. The molecule has 3 spiro atoms. The zero-order valence-corrected chi connectivity index (χ0v) is 27.6. The molecular formula is C33H66N6. The standard InChI is InChI=1S/C12H24N2.C11H22N2.C10H20N2/c1-11(2,3)14-8-5-12(6-9-14)4-7-13-10-12;1-10(2,3)13-7-5-11(9-13)4-6-12-8-11;1-9(2,3)12-7-10(8-12)4-5-11-6-10/h13H,4-10H2,1-3H3;12H,4-9H2,1-3H3;11H,4-8H2,1-3H3. The fourth-order valence-corrected chi connectivity index (χ4v) is 7.83. The molecule has 3 N–H and O–H groups in total. The molecule has 0 aliphatic carbocycles. The van der Waals surface area contributed by atoms with E-state index in [1.807, 2.05) is 0 Å². The zero-order valence-electron chi connectivity index (χ0n) is 27.6. The smallest absolute Gasteiger partial charge is 0.0125 e. The molecule has 39 heavy (non-hydrogen) atoms. The Morgan fingerprint density at radius 2 is 0.769 bits per heavy atom. The van der Waals surface area contributed by atoms with E-state index < -0.39 is 0 Å². The third kappa shape index (κ3) is 7.99. The van der Waals surface area contributed by atoms with Crippen LogP contribution in [-0.4, -0.2) is 110 Å². The Labute approximate surface area is 242 Å². The van der Waals surface area contributed by atoms with Gasteiger partial charge in [0.2, 0.25) is 0 Å². The highest BCUT2D eigenvalue weighted by Gasteiger charge is 2.48. The minimum Gasteiger partial charge on any atom is -0.316 e. The quantitative estimate of drug-likeness (QED) is 0.418. The van der Waals surface area contributed by atoms with E-state index in [2.05, 4.69) is 93.0 Å². The van der Waals surface area contributed by atoms with Crippen LogP contribution in [0, 0.1) is 16.2 Å². The molecule has 228 valence electrons. The summed E-state index contributed by atoms with van der Waals surface area (Å²) in [4.78, 5) is 7.86. The van der Waals surface area contributed by atoms with Crippen LogP contribution in [0.15, 0.2) is 0 Å². The van der Waals surface area contributed by atoms with Crippen molar-refractivity contribution in [3.63, 3.8) is 0 Å². The fraction of sp³-hybridized carbons (Fsp3) is 1.00. The van der Waals surface area contributed by atoms with Crippen molar-refractivity contribution >= 4 is 0 Å². The van der Waals surface area contributed by atoms with Gasteiger partial charge in [-0.1, -0.05) is 0 Å². The first-order chi connectivity index (χ1) is 18.1. The maximum atomic E-state index is 3.52. The second-order valence-electron chi connectivity index (χ2n) is 17.3. The van der Waals surface area contributed by atoms with Gasteiger partial charge in [-0.25, -0.2) is 0 Å². The average molecular weight is 547 g/mol. The number of nitrogens with one attached hydrogen (secondary N) is 3. The second kappa shape index (κ2) is 11.8. The first kappa shape index (κ1) is 31.7. The molecule has 0 amide bonds. The van der Waals surface area contributed by atoms with E-state index in [1.165, 1.54) is 117 Å². The molecule has 6 nitrogen and oxygen atoms in total. The summed E-state index contributed by atoms with van der Waals surface area (Å²) in [6.45, 7) is 36.2. The van der Waals surface area contributed by atoms with Crippen molar-refractivity contribution in [2.75, 3.05) is 78.5 Å². The number of hydrogen-bond acceptors (Lipinski definition) is 6. The monoisotopic (exact) mass is 547 g/mol. The Kier molecular flexibility index (Phi) is 9.59. The van der Waals surface area contributed by atoms with E-state index in [0.29, 0.717) is 32.9 Å². The van der Waals surface area contributed by atoms with Crippen LogP contribution in [0.1, 0.15) is 101 Å². The molecular weight excluding hydrogens is 480 g/mol. The Balaban J connectivity index is 0.000000136. The van der Waals surface area contributed by atoms with Gasteiger partial charge in [-0.3, -0.25) is 14.7 Å². The molecule has 6 heteroatoms. The van der Waals surface area contributed by atoms with Crippen LogP contribution in [0.25, 0.3) is 0 Å². The highest BCUT2D eigenvalue weighted by Crippen LogP contribution is 2.41. The van der Waals surface area contributed by atoms with Gasteiger partial charge in [-0.2, -0.15) is 0 Å². The molecule has 6 aliphatic rings. The van der Waals surface area contributed by atoms with Crippen molar-refractivity contribution in [2.24, 2.45) is 16.2 Å². The van der Waals surface area contributed by atoms with E-state index in [9.17, 15) is 0 Å². The van der Waals surface area contributed by atoms with Gasteiger partial charge in [0.1, 0.15) is 0 Å². The minimum absolute atomic E-state index is 0.367. The Bertz CT molecular complexity index is 751. The summed E-state index contributed by atoms with van der Waals surface area (Å²) in [6, 6.07) is 0. The molecule has 0 aromatic heterocycles. The molecule has 1 atom stereocenters. The van der Waals surface area contributed by atoms with Crippen molar-refractivity contribution < 1.29 is 0 Å². The summed E-state index contributed by atoms with van der Waals surface area (Å²) in [7, 11) is 0. The first-order valence-corrected chi connectivity index (χ1v) is 16.4. The largest absolute Gasteiger partial charge is 0.316 e. The van der Waals surface area contributed by atoms with Gasteiger partial charge in [0.15, 0.2) is 0 Å². The van der Waals surface area contributed by atoms with Crippen LogP contribution >= 0.6 is 0 Å². The first-order valence-electron chi connectivity index (χ1n) is 16.4. The Morgan fingerprint density at radius 1 is 0.410 bits per heavy atom. The number of likely N-dealkylation sites (tertiary alicyclic amines) is 3. The lowest BCUT2D eigenvalue weighted by atomic mass is 9.76. The summed E-state index contributed by atoms with van der Waals surface area (Å²) in [6.07, 6.45) is 8.38. The van der Waals surface area contributed by atoms with E-state index in [4.69, 9.17) is 0 Å². The zero-order chi connectivity index (χ0) is 28.6. The predicted octanol–water partition coefficient (Wildman–Crippen LogP) is 4.41. The lowest BCUT2D eigenvalue weighted by Gasteiger charge is -2.54. The summed E-state index contributed by atoms with van der Waals surface area (Å²) < 4.78 is 0. The number of rotatable bonds is 0. The molecule has 6 saturated heterocycles. The minimum atomic E-state index is 0.367. The van der Waals surface area contributed by atoms with Crippen molar-refractivity contribution in [1.82, 2.24) is 30.7 Å². The van der Waals surface area contributed by atoms with Crippen molar-refractivity contribution in [3.05, 3.63) is 0 Å². The van der Waals surface area contributed by atoms with Gasteiger partial charge >= 0.3 is 0 Å². The van der Waals surface area contributed by atoms with Gasteiger partial charge in [0.25, 0.3) is 0 Å². The molecule has 6 heterocycles. The van der Waals surface area contributed by atoms with Gasteiger partial charge in [-0.05, 0) is 151 Å². The molecule has 6 aliphatic heterocycles. The van der Waals surface area contributed by atoms with Crippen LogP contribution < -0.4 is 16.0 Å². The Morgan fingerprint density at radius 3 is 1.15 bits per heavy atom. The van der Waals surface area contributed by atoms with Crippen LogP contribution in [0.5, 0.6) is 0 Å². The van der Waals surface area contributed by atoms with E-state index in [0.717, 1.165) is 0 Å². The molecule has 6 fully saturated rings.